The smallest absolute Gasteiger partial charge is 0.0470 e. The highest BCUT2D eigenvalue weighted by atomic mass is 16.3. The third-order valence-electron chi connectivity index (χ3n) is 6.07. The van der Waals surface area contributed by atoms with Gasteiger partial charge < -0.3 is 5.11 Å². The van der Waals surface area contributed by atoms with Gasteiger partial charge in [-0.05, 0) is 53.9 Å². The van der Waals surface area contributed by atoms with Gasteiger partial charge in [0.2, 0.25) is 0 Å². The minimum Gasteiger partial charge on any atom is -0.396 e. The van der Waals surface area contributed by atoms with Crippen molar-refractivity contribution in [3.8, 4) is 0 Å². The normalized spacial score (nSPS) is 37.7. The second-order valence-corrected chi connectivity index (χ2v) is 6.80. The maximum Gasteiger partial charge on any atom is 0.0470 e. The van der Waals surface area contributed by atoms with Gasteiger partial charge in [0, 0.05) is 6.61 Å². The van der Waals surface area contributed by atoms with Crippen LogP contribution in [-0.2, 0) is 0 Å². The van der Waals surface area contributed by atoms with Crippen molar-refractivity contribution < 1.29 is 5.11 Å². The van der Waals surface area contributed by atoms with Gasteiger partial charge >= 0.3 is 0 Å². The molecular weight excluding hydrogens is 220 g/mol. The van der Waals surface area contributed by atoms with Crippen LogP contribution in [0.3, 0.4) is 0 Å². The van der Waals surface area contributed by atoms with Gasteiger partial charge in [-0.2, -0.15) is 0 Å². The summed E-state index contributed by atoms with van der Waals surface area (Å²) in [6, 6.07) is 10.9. The van der Waals surface area contributed by atoms with E-state index < -0.39 is 0 Å². The predicted molar refractivity (Wildman–Crippen MR) is 74.4 cm³/mol. The minimum atomic E-state index is 0.364. The molecular formula is C17H24O. The van der Waals surface area contributed by atoms with Crippen molar-refractivity contribution >= 4 is 0 Å². The number of rotatable bonds is 2. The molecule has 2 aliphatic rings. The van der Waals surface area contributed by atoms with Crippen LogP contribution in [-0.4, -0.2) is 11.7 Å². The van der Waals surface area contributed by atoms with Crippen LogP contribution in [0.15, 0.2) is 30.3 Å². The first kappa shape index (κ1) is 12.2. The molecule has 18 heavy (non-hydrogen) atoms. The minimum absolute atomic E-state index is 0.364. The molecule has 1 unspecified atom stereocenters. The Bertz CT molecular complexity index is 412. The average Bonchev–Trinajstić information content (AvgIpc) is 2.85. The summed E-state index contributed by atoms with van der Waals surface area (Å²) >= 11 is 0. The number of aliphatic hydroxyl groups excluding tert-OH is 1. The lowest BCUT2D eigenvalue weighted by Gasteiger charge is -2.31. The third kappa shape index (κ3) is 1.56. The summed E-state index contributed by atoms with van der Waals surface area (Å²) in [6.07, 6.45) is 5.18. The summed E-state index contributed by atoms with van der Waals surface area (Å²) in [5, 5.41) is 9.54. The van der Waals surface area contributed by atoms with Crippen LogP contribution >= 0.6 is 0 Å². The van der Waals surface area contributed by atoms with E-state index in [2.05, 4.69) is 44.2 Å². The summed E-state index contributed by atoms with van der Waals surface area (Å²) in [6.45, 7) is 5.07. The van der Waals surface area contributed by atoms with E-state index in [1.54, 1.807) is 0 Å². The highest BCUT2D eigenvalue weighted by molar-refractivity contribution is 5.24. The summed E-state index contributed by atoms with van der Waals surface area (Å²) in [5.74, 6) is 1.29. The molecule has 2 saturated carbocycles. The van der Waals surface area contributed by atoms with E-state index in [4.69, 9.17) is 0 Å². The average molecular weight is 244 g/mol. The van der Waals surface area contributed by atoms with E-state index >= 15 is 0 Å². The lowest BCUT2D eigenvalue weighted by Crippen LogP contribution is -2.19. The molecule has 0 amide bonds. The topological polar surface area (TPSA) is 20.2 Å². The van der Waals surface area contributed by atoms with Crippen molar-refractivity contribution in [3.05, 3.63) is 35.9 Å². The zero-order chi connectivity index (χ0) is 12.8. The first-order valence-electron chi connectivity index (χ1n) is 7.27. The first-order chi connectivity index (χ1) is 8.62. The number of benzene rings is 1. The molecule has 1 aromatic rings. The van der Waals surface area contributed by atoms with Crippen molar-refractivity contribution in [3.63, 3.8) is 0 Å². The Balaban J connectivity index is 1.70. The van der Waals surface area contributed by atoms with E-state index in [0.29, 0.717) is 23.4 Å². The Kier molecular flexibility index (Phi) is 2.78. The molecule has 1 spiro atoms. The van der Waals surface area contributed by atoms with Crippen LogP contribution < -0.4 is 0 Å². The fourth-order valence-corrected chi connectivity index (χ4v) is 4.65. The second kappa shape index (κ2) is 4.09. The molecule has 1 atom stereocenters. The molecule has 3 rings (SSSR count). The fraction of sp³-hybridized carbons (Fsp3) is 0.647. The standard InChI is InChI=1S/C17H24O/c1-16(2)15(12-18)17(16)10-8-14(9-11-17)13-6-4-3-5-7-13/h3-7,14-15,18H,8-12H2,1-2H3. The lowest BCUT2D eigenvalue weighted by atomic mass is 9.73. The zero-order valence-corrected chi connectivity index (χ0v) is 11.5. The highest BCUT2D eigenvalue weighted by Gasteiger charge is 2.69. The molecule has 0 aromatic heterocycles. The van der Waals surface area contributed by atoms with Gasteiger partial charge in [-0.15, -0.1) is 0 Å². The van der Waals surface area contributed by atoms with E-state index in [9.17, 15) is 5.11 Å². The summed E-state index contributed by atoms with van der Waals surface area (Å²) in [7, 11) is 0. The molecule has 1 N–H and O–H groups in total. The molecule has 0 radical (unpaired) electrons. The van der Waals surface area contributed by atoms with E-state index in [1.165, 1.54) is 31.2 Å². The van der Waals surface area contributed by atoms with Crippen LogP contribution in [0.2, 0.25) is 0 Å². The van der Waals surface area contributed by atoms with Crippen LogP contribution in [0.1, 0.15) is 51.0 Å². The Morgan fingerprint density at radius 3 is 2.22 bits per heavy atom. The van der Waals surface area contributed by atoms with Gasteiger partial charge in [0.05, 0.1) is 0 Å². The molecule has 1 heteroatoms. The van der Waals surface area contributed by atoms with E-state index in [-0.39, 0.29) is 0 Å². The number of hydrogen-bond acceptors (Lipinski definition) is 1. The maximum absolute atomic E-state index is 9.54. The monoisotopic (exact) mass is 244 g/mol. The lowest BCUT2D eigenvalue weighted by molar-refractivity contribution is 0.211. The first-order valence-corrected chi connectivity index (χ1v) is 7.27. The van der Waals surface area contributed by atoms with Gasteiger partial charge in [0.15, 0.2) is 0 Å². The van der Waals surface area contributed by atoms with Gasteiger partial charge in [0.25, 0.3) is 0 Å². The largest absolute Gasteiger partial charge is 0.396 e. The molecule has 0 bridgehead atoms. The van der Waals surface area contributed by atoms with Crippen molar-refractivity contribution in [1.82, 2.24) is 0 Å². The summed E-state index contributed by atoms with van der Waals surface area (Å²) in [5.41, 5.74) is 2.32. The maximum atomic E-state index is 9.54. The fourth-order valence-electron chi connectivity index (χ4n) is 4.65. The Labute approximate surface area is 110 Å². The van der Waals surface area contributed by atoms with Gasteiger partial charge in [0.1, 0.15) is 0 Å². The van der Waals surface area contributed by atoms with E-state index in [1.807, 2.05) is 0 Å². The second-order valence-electron chi connectivity index (χ2n) is 6.80. The van der Waals surface area contributed by atoms with Gasteiger partial charge in [-0.25, -0.2) is 0 Å². The Hall–Kier alpha value is -0.820. The molecule has 1 nitrogen and oxygen atoms in total. The van der Waals surface area contributed by atoms with Crippen LogP contribution in [0.4, 0.5) is 0 Å². The number of hydrogen-bond donors (Lipinski definition) is 1. The molecule has 1 aromatic carbocycles. The van der Waals surface area contributed by atoms with Crippen molar-refractivity contribution in [2.45, 2.75) is 45.4 Å². The third-order valence-corrected chi connectivity index (χ3v) is 6.07. The zero-order valence-electron chi connectivity index (χ0n) is 11.5. The molecule has 0 aliphatic heterocycles. The molecule has 2 fully saturated rings. The van der Waals surface area contributed by atoms with Crippen molar-refractivity contribution in [2.75, 3.05) is 6.61 Å². The Morgan fingerprint density at radius 1 is 1.11 bits per heavy atom. The Morgan fingerprint density at radius 2 is 1.72 bits per heavy atom. The van der Waals surface area contributed by atoms with Crippen LogP contribution in [0, 0.1) is 16.7 Å². The summed E-state index contributed by atoms with van der Waals surface area (Å²) in [4.78, 5) is 0. The highest BCUT2D eigenvalue weighted by Crippen LogP contribution is 2.75. The van der Waals surface area contributed by atoms with Gasteiger partial charge in [-0.1, -0.05) is 44.2 Å². The van der Waals surface area contributed by atoms with Gasteiger partial charge in [-0.3, -0.25) is 0 Å². The predicted octanol–water partition coefficient (Wildman–Crippen LogP) is 3.98. The molecule has 98 valence electrons. The molecule has 0 heterocycles. The van der Waals surface area contributed by atoms with Crippen molar-refractivity contribution in [1.29, 1.82) is 0 Å². The van der Waals surface area contributed by atoms with E-state index in [0.717, 1.165) is 5.92 Å². The molecule has 0 saturated heterocycles. The molecule has 2 aliphatic carbocycles. The SMILES string of the molecule is CC1(C)C(CO)C12CCC(c1ccccc1)CC2. The quantitative estimate of drug-likeness (QED) is 0.834. The number of aliphatic hydroxyl groups is 1. The summed E-state index contributed by atoms with van der Waals surface area (Å²) < 4.78 is 0. The van der Waals surface area contributed by atoms with Crippen LogP contribution in [0.5, 0.6) is 0 Å². The van der Waals surface area contributed by atoms with Crippen molar-refractivity contribution in [2.24, 2.45) is 16.7 Å². The van der Waals surface area contributed by atoms with Crippen LogP contribution in [0.25, 0.3) is 0 Å².